The molecule has 0 heterocycles. The Bertz CT molecular complexity index is 529. The molecule has 0 spiro atoms. The van der Waals surface area contributed by atoms with E-state index in [9.17, 15) is 19.5 Å². The summed E-state index contributed by atoms with van der Waals surface area (Å²) in [4.78, 5) is 35.2. The standard InChI is InChI=1S/C17H23NO5/c1-13(19)18(14-9-5-4-6-10-14)15(17(22)23)11-7-2-3-8-12-16(20)21/h4-6,9-10,15H,2-3,7-8,11-12H2,1H3,(H,20,21)(H,22,23). The van der Waals surface area contributed by atoms with E-state index >= 15 is 0 Å². The highest BCUT2D eigenvalue weighted by Gasteiger charge is 2.28. The van der Waals surface area contributed by atoms with Gasteiger partial charge in [0.2, 0.25) is 5.91 Å². The lowest BCUT2D eigenvalue weighted by Gasteiger charge is -2.28. The number of carbonyl (C=O) groups excluding carboxylic acids is 1. The number of aliphatic carboxylic acids is 2. The second-order valence-corrected chi connectivity index (χ2v) is 5.43. The number of carboxylic acid groups (broad SMARTS) is 2. The van der Waals surface area contributed by atoms with Crippen molar-refractivity contribution in [2.75, 3.05) is 4.90 Å². The Morgan fingerprint density at radius 3 is 2.13 bits per heavy atom. The molecule has 0 aliphatic heterocycles. The number of nitrogens with zero attached hydrogens (tertiary/aromatic N) is 1. The average Bonchev–Trinajstić information content (AvgIpc) is 2.49. The van der Waals surface area contributed by atoms with Crippen LogP contribution < -0.4 is 4.90 Å². The fourth-order valence-corrected chi connectivity index (χ4v) is 2.50. The minimum atomic E-state index is -1.03. The van der Waals surface area contributed by atoms with Gasteiger partial charge in [-0.05, 0) is 25.0 Å². The molecule has 0 fully saturated rings. The zero-order valence-electron chi connectivity index (χ0n) is 13.3. The third-order valence-corrected chi connectivity index (χ3v) is 3.59. The predicted molar refractivity (Wildman–Crippen MR) is 86.4 cm³/mol. The van der Waals surface area contributed by atoms with Crippen LogP contribution in [0.15, 0.2) is 30.3 Å². The molecule has 6 heteroatoms. The average molecular weight is 321 g/mol. The molecule has 0 aromatic heterocycles. The SMILES string of the molecule is CC(=O)N(c1ccccc1)C(CCCCCCC(=O)O)C(=O)O. The van der Waals surface area contributed by atoms with Crippen molar-refractivity contribution in [1.82, 2.24) is 0 Å². The maximum atomic E-state index is 11.9. The van der Waals surface area contributed by atoms with Crippen LogP contribution in [0.5, 0.6) is 0 Å². The lowest BCUT2D eigenvalue weighted by Crippen LogP contribution is -2.44. The van der Waals surface area contributed by atoms with Gasteiger partial charge in [-0.2, -0.15) is 0 Å². The summed E-state index contributed by atoms with van der Waals surface area (Å²) in [6, 6.07) is 7.84. The third kappa shape index (κ3) is 6.50. The van der Waals surface area contributed by atoms with Crippen LogP contribution in [0.3, 0.4) is 0 Å². The van der Waals surface area contributed by atoms with Gasteiger partial charge in [-0.25, -0.2) is 4.79 Å². The Balaban J connectivity index is 2.63. The molecule has 0 radical (unpaired) electrons. The number of benzene rings is 1. The molecule has 0 aliphatic carbocycles. The number of anilines is 1. The normalized spacial score (nSPS) is 11.7. The van der Waals surface area contributed by atoms with Crippen LogP contribution in [-0.4, -0.2) is 34.1 Å². The van der Waals surface area contributed by atoms with Crippen molar-refractivity contribution in [1.29, 1.82) is 0 Å². The number of carbonyl (C=O) groups is 3. The van der Waals surface area contributed by atoms with E-state index < -0.39 is 18.0 Å². The molecular formula is C17H23NO5. The van der Waals surface area contributed by atoms with Crippen LogP contribution >= 0.6 is 0 Å². The molecule has 2 N–H and O–H groups in total. The number of unbranched alkanes of at least 4 members (excludes halogenated alkanes) is 3. The number of hydrogen-bond donors (Lipinski definition) is 2. The van der Waals surface area contributed by atoms with Gasteiger partial charge >= 0.3 is 11.9 Å². The lowest BCUT2D eigenvalue weighted by atomic mass is 10.0. The van der Waals surface area contributed by atoms with Crippen LogP contribution in [-0.2, 0) is 14.4 Å². The van der Waals surface area contributed by atoms with Gasteiger partial charge < -0.3 is 10.2 Å². The summed E-state index contributed by atoms with van der Waals surface area (Å²) < 4.78 is 0. The molecule has 126 valence electrons. The summed E-state index contributed by atoms with van der Waals surface area (Å²) >= 11 is 0. The molecule has 0 saturated heterocycles. The van der Waals surface area contributed by atoms with Crippen molar-refractivity contribution >= 4 is 23.5 Å². The number of para-hydroxylation sites is 1. The summed E-state index contributed by atoms with van der Waals surface area (Å²) in [5.41, 5.74) is 0.568. The molecule has 0 aliphatic rings. The Morgan fingerprint density at radius 2 is 1.61 bits per heavy atom. The highest BCUT2D eigenvalue weighted by atomic mass is 16.4. The molecule has 1 rings (SSSR count). The monoisotopic (exact) mass is 321 g/mol. The Morgan fingerprint density at radius 1 is 1.00 bits per heavy atom. The van der Waals surface area contributed by atoms with Crippen LogP contribution in [0, 0.1) is 0 Å². The first-order chi connectivity index (χ1) is 10.9. The van der Waals surface area contributed by atoms with Crippen LogP contribution in [0.2, 0.25) is 0 Å². The molecule has 1 atom stereocenters. The van der Waals surface area contributed by atoms with Gasteiger partial charge in [0.1, 0.15) is 6.04 Å². The molecule has 6 nitrogen and oxygen atoms in total. The van der Waals surface area contributed by atoms with Gasteiger partial charge in [-0.1, -0.05) is 37.5 Å². The molecule has 1 amide bonds. The number of hydrogen-bond acceptors (Lipinski definition) is 3. The largest absolute Gasteiger partial charge is 0.481 e. The van der Waals surface area contributed by atoms with E-state index in [1.807, 2.05) is 0 Å². The second-order valence-electron chi connectivity index (χ2n) is 5.43. The highest BCUT2D eigenvalue weighted by Crippen LogP contribution is 2.21. The van der Waals surface area contributed by atoms with Crippen molar-refractivity contribution in [3.05, 3.63) is 30.3 Å². The molecule has 1 aromatic rings. The van der Waals surface area contributed by atoms with Crippen LogP contribution in [0.1, 0.15) is 45.4 Å². The van der Waals surface area contributed by atoms with Gasteiger partial charge in [-0.15, -0.1) is 0 Å². The number of carboxylic acids is 2. The Labute approximate surface area is 135 Å². The zero-order chi connectivity index (χ0) is 17.2. The van der Waals surface area contributed by atoms with E-state index in [0.717, 1.165) is 12.8 Å². The predicted octanol–water partition coefficient (Wildman–Crippen LogP) is 2.92. The van der Waals surface area contributed by atoms with E-state index in [0.29, 0.717) is 24.9 Å². The van der Waals surface area contributed by atoms with E-state index in [1.165, 1.54) is 11.8 Å². The molecule has 1 aromatic carbocycles. The van der Waals surface area contributed by atoms with E-state index in [1.54, 1.807) is 30.3 Å². The summed E-state index contributed by atoms with van der Waals surface area (Å²) in [7, 11) is 0. The quantitative estimate of drug-likeness (QED) is 0.646. The summed E-state index contributed by atoms with van der Waals surface area (Å²) in [6.07, 6.45) is 3.18. The minimum absolute atomic E-state index is 0.131. The zero-order valence-corrected chi connectivity index (χ0v) is 13.3. The first-order valence-electron chi connectivity index (χ1n) is 7.73. The highest BCUT2D eigenvalue weighted by molar-refractivity contribution is 5.97. The first-order valence-corrected chi connectivity index (χ1v) is 7.73. The topological polar surface area (TPSA) is 94.9 Å². The van der Waals surface area contributed by atoms with Gasteiger partial charge in [0.05, 0.1) is 0 Å². The number of rotatable bonds is 10. The third-order valence-electron chi connectivity index (χ3n) is 3.59. The number of amides is 1. The summed E-state index contributed by atoms with van der Waals surface area (Å²) in [6.45, 7) is 1.36. The van der Waals surface area contributed by atoms with E-state index in [2.05, 4.69) is 0 Å². The summed E-state index contributed by atoms with van der Waals surface area (Å²) in [5, 5.41) is 18.0. The molecule has 0 saturated carbocycles. The molecule has 0 bridgehead atoms. The van der Waals surface area contributed by atoms with Gasteiger partial charge in [0.25, 0.3) is 0 Å². The Hall–Kier alpha value is -2.37. The molecular weight excluding hydrogens is 298 g/mol. The fraction of sp³-hybridized carbons (Fsp3) is 0.471. The molecule has 23 heavy (non-hydrogen) atoms. The van der Waals surface area contributed by atoms with Crippen LogP contribution in [0.25, 0.3) is 0 Å². The summed E-state index contributed by atoms with van der Waals surface area (Å²) in [5.74, 6) is -2.16. The maximum absolute atomic E-state index is 11.9. The van der Waals surface area contributed by atoms with Gasteiger partial charge in [0, 0.05) is 19.0 Å². The Kier molecular flexibility index (Phi) is 7.80. The smallest absolute Gasteiger partial charge is 0.326 e. The van der Waals surface area contributed by atoms with Crippen molar-refractivity contribution in [3.63, 3.8) is 0 Å². The van der Waals surface area contributed by atoms with Gasteiger partial charge in [-0.3, -0.25) is 14.5 Å². The van der Waals surface area contributed by atoms with Gasteiger partial charge in [0.15, 0.2) is 0 Å². The van der Waals surface area contributed by atoms with Crippen molar-refractivity contribution in [2.45, 2.75) is 51.5 Å². The maximum Gasteiger partial charge on any atom is 0.326 e. The second kappa shape index (κ2) is 9.61. The van der Waals surface area contributed by atoms with Crippen molar-refractivity contribution in [2.24, 2.45) is 0 Å². The fourth-order valence-electron chi connectivity index (χ4n) is 2.50. The minimum Gasteiger partial charge on any atom is -0.481 e. The van der Waals surface area contributed by atoms with Crippen LogP contribution in [0.4, 0.5) is 5.69 Å². The van der Waals surface area contributed by atoms with E-state index in [4.69, 9.17) is 5.11 Å². The first kappa shape index (κ1) is 18.7. The lowest BCUT2D eigenvalue weighted by molar-refractivity contribution is -0.140. The van der Waals surface area contributed by atoms with Crippen molar-refractivity contribution in [3.8, 4) is 0 Å². The molecule has 1 unspecified atom stereocenters. The van der Waals surface area contributed by atoms with Crippen molar-refractivity contribution < 1.29 is 24.6 Å². The van der Waals surface area contributed by atoms with E-state index in [-0.39, 0.29) is 12.3 Å².